The van der Waals surface area contributed by atoms with Gasteiger partial charge in [-0.3, -0.25) is 10.0 Å². The van der Waals surface area contributed by atoms with Crippen molar-refractivity contribution >= 4 is 11.6 Å². The number of anilines is 1. The van der Waals surface area contributed by atoms with E-state index in [1.54, 1.807) is 12.1 Å². The van der Waals surface area contributed by atoms with Crippen LogP contribution in [0, 0.1) is 0 Å². The molecule has 0 saturated heterocycles. The Morgan fingerprint density at radius 3 is 2.04 bits per heavy atom. The van der Waals surface area contributed by atoms with Gasteiger partial charge in [0.25, 0.3) is 5.91 Å². The maximum absolute atomic E-state index is 11.8. The molecule has 0 heterocycles. The summed E-state index contributed by atoms with van der Waals surface area (Å²) in [5, 5.41) is 9.86. The lowest BCUT2D eigenvalue weighted by Gasteiger charge is -2.25. The summed E-state index contributed by atoms with van der Waals surface area (Å²) in [5.74, 6) is -0.398. The highest BCUT2D eigenvalue weighted by Crippen LogP contribution is 2.18. The number of carbonyl (C=O) groups is 1. The molecule has 0 aliphatic rings. The van der Waals surface area contributed by atoms with Crippen molar-refractivity contribution in [1.82, 2.24) is 5.06 Å². The number of rotatable bonds is 8. The maximum atomic E-state index is 11.8. The minimum Gasteiger partial charge on any atom is -0.367 e. The Bertz CT molecular complexity index is 862. The van der Waals surface area contributed by atoms with Gasteiger partial charge in [-0.2, -0.15) is 0 Å². The van der Waals surface area contributed by atoms with Crippen LogP contribution in [-0.4, -0.2) is 29.8 Å². The average Bonchev–Trinajstić information content (AvgIpc) is 2.74. The van der Waals surface area contributed by atoms with E-state index in [1.807, 2.05) is 24.3 Å². The van der Waals surface area contributed by atoms with Gasteiger partial charge in [-0.25, -0.2) is 5.06 Å². The van der Waals surface area contributed by atoms with Crippen LogP contribution in [0.1, 0.15) is 27.9 Å². The summed E-state index contributed by atoms with van der Waals surface area (Å²) in [6, 6.07) is 28.4. The van der Waals surface area contributed by atoms with Crippen LogP contribution < -0.4 is 4.90 Å². The molecule has 4 heteroatoms. The van der Waals surface area contributed by atoms with Crippen molar-refractivity contribution in [3.05, 3.63) is 102 Å². The molecule has 3 aromatic rings. The van der Waals surface area contributed by atoms with Gasteiger partial charge in [-0.15, -0.1) is 0 Å². The number of aryl methyl sites for hydroxylation is 1. The first-order valence-electron chi connectivity index (χ1n) is 9.53. The predicted octanol–water partition coefficient (Wildman–Crippen LogP) is 4.79. The van der Waals surface area contributed by atoms with E-state index in [2.05, 4.69) is 53.4 Å². The number of carbonyl (C=O) groups excluding carboxylic acids is 1. The molecular weight excluding hydrogens is 348 g/mol. The maximum Gasteiger partial charge on any atom is 0.276 e. The van der Waals surface area contributed by atoms with E-state index in [9.17, 15) is 10.0 Å². The second-order valence-corrected chi connectivity index (χ2v) is 6.87. The van der Waals surface area contributed by atoms with E-state index in [4.69, 9.17) is 0 Å². The topological polar surface area (TPSA) is 43.8 Å². The highest BCUT2D eigenvalue weighted by atomic mass is 16.5. The molecule has 0 spiro atoms. The molecule has 0 atom stereocenters. The molecule has 144 valence electrons. The Kier molecular flexibility index (Phi) is 6.82. The molecule has 0 fully saturated rings. The van der Waals surface area contributed by atoms with Gasteiger partial charge < -0.3 is 4.90 Å². The fraction of sp³-hybridized carbons (Fsp3) is 0.208. The molecule has 0 saturated carbocycles. The van der Waals surface area contributed by atoms with E-state index in [0.29, 0.717) is 10.6 Å². The molecule has 0 unspecified atom stereocenters. The van der Waals surface area contributed by atoms with E-state index in [-0.39, 0.29) is 0 Å². The lowest BCUT2D eigenvalue weighted by atomic mass is 10.1. The van der Waals surface area contributed by atoms with E-state index < -0.39 is 5.91 Å². The molecule has 3 aromatic carbocycles. The zero-order chi connectivity index (χ0) is 19.8. The number of hydroxylamine groups is 2. The molecule has 4 nitrogen and oxygen atoms in total. The molecule has 0 radical (unpaired) electrons. The molecule has 0 aromatic heterocycles. The number of benzene rings is 3. The van der Waals surface area contributed by atoms with Gasteiger partial charge in [0.2, 0.25) is 0 Å². The third kappa shape index (κ3) is 5.44. The van der Waals surface area contributed by atoms with Gasteiger partial charge in [0.15, 0.2) is 0 Å². The van der Waals surface area contributed by atoms with E-state index >= 15 is 0 Å². The summed E-state index contributed by atoms with van der Waals surface area (Å²) in [4.78, 5) is 14.2. The number of hydrogen-bond donors (Lipinski definition) is 1. The molecule has 1 N–H and O–H groups in total. The lowest BCUT2D eigenvalue weighted by Crippen LogP contribution is -2.24. The molecular formula is C24H26N2O2. The SMILES string of the molecule is CN(O)C(=O)c1ccc(CCCN(Cc2ccccc2)c2ccccc2)cc1. The van der Waals surface area contributed by atoms with Crippen LogP contribution >= 0.6 is 0 Å². The van der Waals surface area contributed by atoms with Gasteiger partial charge in [0.1, 0.15) is 0 Å². The minimum atomic E-state index is -0.398. The van der Waals surface area contributed by atoms with Crippen molar-refractivity contribution in [1.29, 1.82) is 0 Å². The van der Waals surface area contributed by atoms with Crippen LogP contribution in [0.3, 0.4) is 0 Å². The molecule has 28 heavy (non-hydrogen) atoms. The lowest BCUT2D eigenvalue weighted by molar-refractivity contribution is -0.0374. The monoisotopic (exact) mass is 374 g/mol. The smallest absolute Gasteiger partial charge is 0.276 e. The Balaban J connectivity index is 1.61. The van der Waals surface area contributed by atoms with E-state index in [0.717, 1.165) is 25.9 Å². The second-order valence-electron chi connectivity index (χ2n) is 6.87. The zero-order valence-electron chi connectivity index (χ0n) is 16.2. The highest BCUT2D eigenvalue weighted by Gasteiger charge is 2.10. The molecule has 0 aliphatic heterocycles. The third-order valence-corrected chi connectivity index (χ3v) is 4.73. The first-order valence-corrected chi connectivity index (χ1v) is 9.53. The number of amides is 1. The van der Waals surface area contributed by atoms with Crippen LogP contribution in [0.15, 0.2) is 84.9 Å². The van der Waals surface area contributed by atoms with Crippen molar-refractivity contribution in [3.63, 3.8) is 0 Å². The van der Waals surface area contributed by atoms with Gasteiger partial charge in [-0.1, -0.05) is 60.7 Å². The quantitative estimate of drug-likeness (QED) is 0.455. The first kappa shape index (κ1) is 19.6. The third-order valence-electron chi connectivity index (χ3n) is 4.73. The zero-order valence-corrected chi connectivity index (χ0v) is 16.2. The van der Waals surface area contributed by atoms with E-state index in [1.165, 1.54) is 23.9 Å². The summed E-state index contributed by atoms with van der Waals surface area (Å²) in [6.07, 6.45) is 1.94. The average molecular weight is 374 g/mol. The number of para-hydroxylation sites is 1. The Morgan fingerprint density at radius 2 is 1.43 bits per heavy atom. The Morgan fingerprint density at radius 1 is 0.821 bits per heavy atom. The molecule has 1 amide bonds. The summed E-state index contributed by atoms with van der Waals surface area (Å²) in [7, 11) is 1.33. The minimum absolute atomic E-state index is 0.398. The van der Waals surface area contributed by atoms with Crippen molar-refractivity contribution in [2.24, 2.45) is 0 Å². The fourth-order valence-corrected chi connectivity index (χ4v) is 3.22. The number of nitrogens with zero attached hydrogens (tertiary/aromatic N) is 2. The van der Waals surface area contributed by atoms with Crippen molar-refractivity contribution in [3.8, 4) is 0 Å². The summed E-state index contributed by atoms with van der Waals surface area (Å²) in [6.45, 7) is 1.82. The van der Waals surface area contributed by atoms with Crippen LogP contribution in [-0.2, 0) is 13.0 Å². The predicted molar refractivity (Wildman–Crippen MR) is 113 cm³/mol. The highest BCUT2D eigenvalue weighted by molar-refractivity contribution is 5.93. The molecule has 0 aliphatic carbocycles. The van der Waals surface area contributed by atoms with Crippen LogP contribution in [0.5, 0.6) is 0 Å². The van der Waals surface area contributed by atoms with Crippen LogP contribution in [0.25, 0.3) is 0 Å². The van der Waals surface area contributed by atoms with Gasteiger partial charge in [-0.05, 0) is 48.2 Å². The summed E-state index contributed by atoms with van der Waals surface area (Å²) >= 11 is 0. The summed E-state index contributed by atoms with van der Waals surface area (Å²) in [5.41, 5.74) is 4.19. The fourth-order valence-electron chi connectivity index (χ4n) is 3.22. The molecule has 0 bridgehead atoms. The normalized spacial score (nSPS) is 10.5. The van der Waals surface area contributed by atoms with Crippen molar-refractivity contribution in [2.45, 2.75) is 19.4 Å². The van der Waals surface area contributed by atoms with Crippen LogP contribution in [0.2, 0.25) is 0 Å². The molecule has 3 rings (SSSR count). The largest absolute Gasteiger partial charge is 0.367 e. The van der Waals surface area contributed by atoms with Gasteiger partial charge in [0.05, 0.1) is 0 Å². The van der Waals surface area contributed by atoms with Crippen molar-refractivity contribution < 1.29 is 10.0 Å². The van der Waals surface area contributed by atoms with Crippen molar-refractivity contribution in [2.75, 3.05) is 18.5 Å². The Hall–Kier alpha value is -3.11. The number of hydrogen-bond acceptors (Lipinski definition) is 3. The standard InChI is InChI=1S/C24H26N2O2/c1-25(28)24(27)22-16-14-20(15-17-22)11-8-18-26(23-12-6-3-7-13-23)19-21-9-4-2-5-10-21/h2-7,9-10,12-17,28H,8,11,18-19H2,1H3. The van der Waals surface area contributed by atoms with Crippen LogP contribution in [0.4, 0.5) is 5.69 Å². The van der Waals surface area contributed by atoms with Gasteiger partial charge >= 0.3 is 0 Å². The Labute approximate surface area is 166 Å². The van der Waals surface area contributed by atoms with Gasteiger partial charge in [0, 0.05) is 31.4 Å². The second kappa shape index (κ2) is 9.72. The first-order chi connectivity index (χ1) is 13.6. The summed E-state index contributed by atoms with van der Waals surface area (Å²) < 4.78 is 0.